The molecular weight excluding hydrogens is 338 g/mol. The lowest BCUT2D eigenvalue weighted by Gasteiger charge is -2.20. The van der Waals surface area contributed by atoms with Crippen LogP contribution in [0.1, 0.15) is 50.9 Å². The molecule has 0 atom stereocenters. The Morgan fingerprint density at radius 3 is 2.64 bits per heavy atom. The number of sulfonamides is 1. The minimum atomic E-state index is -3.74. The van der Waals surface area contributed by atoms with Crippen LogP contribution in [0.4, 0.5) is 11.6 Å². The Balaban J connectivity index is 1.67. The molecule has 0 amide bonds. The smallest absolute Gasteiger partial charge is 0.264 e. The van der Waals surface area contributed by atoms with Gasteiger partial charge in [-0.2, -0.15) is 0 Å². The third kappa shape index (κ3) is 2.55. The van der Waals surface area contributed by atoms with Gasteiger partial charge < -0.3 is 0 Å². The Labute approximate surface area is 147 Å². The molecule has 1 fully saturated rings. The summed E-state index contributed by atoms with van der Waals surface area (Å²) < 4.78 is 29.9. The molecule has 0 radical (unpaired) electrons. The lowest BCUT2D eigenvalue weighted by Crippen LogP contribution is -2.23. The first kappa shape index (κ1) is 16.3. The largest absolute Gasteiger partial charge is 0.300 e. The fraction of sp³-hybridized carbons (Fsp3) is 0.471. The van der Waals surface area contributed by atoms with Gasteiger partial charge in [0.15, 0.2) is 0 Å². The number of benzene rings is 1. The number of hydrogen-bond acceptors (Lipinski definition) is 5. The van der Waals surface area contributed by atoms with Gasteiger partial charge in [-0.1, -0.05) is 13.8 Å². The van der Waals surface area contributed by atoms with E-state index in [1.165, 1.54) is 0 Å². The molecule has 2 heterocycles. The molecule has 0 unspecified atom stereocenters. The highest BCUT2D eigenvalue weighted by atomic mass is 32.2. The van der Waals surface area contributed by atoms with Gasteiger partial charge in [0.25, 0.3) is 10.0 Å². The van der Waals surface area contributed by atoms with E-state index in [-0.39, 0.29) is 16.3 Å². The first-order valence-electron chi connectivity index (χ1n) is 8.32. The van der Waals surface area contributed by atoms with Crippen LogP contribution in [0, 0.1) is 0 Å². The van der Waals surface area contributed by atoms with Gasteiger partial charge in [0, 0.05) is 24.1 Å². The molecule has 2 aliphatic rings. The number of nitrogens with zero attached hydrogens (tertiary/aromatic N) is 4. The molecular formula is C17H21N5O2S. The lowest BCUT2D eigenvalue weighted by molar-refractivity contribution is 0.600. The zero-order valence-corrected chi connectivity index (χ0v) is 15.6. The molecule has 1 aromatic heterocycles. The van der Waals surface area contributed by atoms with E-state index < -0.39 is 10.0 Å². The standard InChI is InChI=1S/C17H21N5O2S/c1-10-17(2,3)13-9-12(7-8-14(13)18-10)25(23,24)21-16-20-19-15(22(16)4)11-5-6-11/h7-9,11H,5-6H2,1-4H3,(H,20,21). The Morgan fingerprint density at radius 1 is 1.24 bits per heavy atom. The van der Waals surface area contributed by atoms with Crippen LogP contribution in [-0.4, -0.2) is 28.9 Å². The van der Waals surface area contributed by atoms with Crippen LogP contribution in [0.25, 0.3) is 0 Å². The molecule has 8 heteroatoms. The number of aromatic nitrogens is 3. The topological polar surface area (TPSA) is 89.2 Å². The zero-order valence-electron chi connectivity index (χ0n) is 14.7. The average molecular weight is 359 g/mol. The van der Waals surface area contributed by atoms with Crippen molar-refractivity contribution in [3.05, 3.63) is 29.6 Å². The minimum Gasteiger partial charge on any atom is -0.300 e. The fourth-order valence-corrected chi connectivity index (χ4v) is 4.16. The highest BCUT2D eigenvalue weighted by Crippen LogP contribution is 2.41. The van der Waals surface area contributed by atoms with Crippen molar-refractivity contribution in [2.45, 2.75) is 49.8 Å². The van der Waals surface area contributed by atoms with Crippen LogP contribution < -0.4 is 4.72 Å². The van der Waals surface area contributed by atoms with Crippen LogP contribution in [0.15, 0.2) is 28.1 Å². The summed E-state index contributed by atoms with van der Waals surface area (Å²) in [5.74, 6) is 1.47. The van der Waals surface area contributed by atoms with Gasteiger partial charge in [-0.05, 0) is 43.5 Å². The van der Waals surface area contributed by atoms with Gasteiger partial charge in [0.2, 0.25) is 5.95 Å². The first-order chi connectivity index (χ1) is 11.7. The molecule has 25 heavy (non-hydrogen) atoms. The van der Waals surface area contributed by atoms with E-state index in [0.29, 0.717) is 5.92 Å². The molecule has 2 aromatic rings. The van der Waals surface area contributed by atoms with Crippen LogP contribution in [0.5, 0.6) is 0 Å². The predicted molar refractivity (Wildman–Crippen MR) is 96.0 cm³/mol. The van der Waals surface area contributed by atoms with Crippen molar-refractivity contribution >= 4 is 27.4 Å². The molecule has 1 aliphatic heterocycles. The molecule has 1 aromatic carbocycles. The van der Waals surface area contributed by atoms with Crippen LogP contribution in [0.3, 0.4) is 0 Å². The van der Waals surface area contributed by atoms with Gasteiger partial charge in [0.1, 0.15) is 5.82 Å². The first-order valence-corrected chi connectivity index (χ1v) is 9.81. The lowest BCUT2D eigenvalue weighted by atomic mass is 9.82. The number of fused-ring (bicyclic) bond motifs is 1. The number of rotatable bonds is 4. The Kier molecular flexibility index (Phi) is 3.34. The summed E-state index contributed by atoms with van der Waals surface area (Å²) >= 11 is 0. The van der Waals surface area contributed by atoms with Crippen molar-refractivity contribution in [1.29, 1.82) is 0 Å². The highest BCUT2D eigenvalue weighted by molar-refractivity contribution is 7.92. The molecule has 1 saturated carbocycles. The quantitative estimate of drug-likeness (QED) is 0.909. The van der Waals surface area contributed by atoms with Crippen LogP contribution in [-0.2, 0) is 22.5 Å². The van der Waals surface area contributed by atoms with Crippen molar-refractivity contribution in [3.8, 4) is 0 Å². The summed E-state index contributed by atoms with van der Waals surface area (Å²) in [6.45, 7) is 6.06. The van der Waals surface area contributed by atoms with Crippen LogP contribution >= 0.6 is 0 Å². The third-order valence-electron chi connectivity index (χ3n) is 5.22. The van der Waals surface area contributed by atoms with Crippen molar-refractivity contribution in [3.63, 3.8) is 0 Å². The fourth-order valence-electron chi connectivity index (χ4n) is 3.10. The van der Waals surface area contributed by atoms with Crippen LogP contribution in [0.2, 0.25) is 0 Å². The van der Waals surface area contributed by atoms with Gasteiger partial charge in [0.05, 0.1) is 10.6 Å². The maximum absolute atomic E-state index is 12.8. The van der Waals surface area contributed by atoms with E-state index in [4.69, 9.17) is 0 Å². The summed E-state index contributed by atoms with van der Waals surface area (Å²) in [6.07, 6.45) is 2.16. The van der Waals surface area contributed by atoms with E-state index in [9.17, 15) is 8.42 Å². The molecule has 7 nitrogen and oxygen atoms in total. The van der Waals surface area contributed by atoms with E-state index in [2.05, 4.69) is 19.9 Å². The maximum Gasteiger partial charge on any atom is 0.264 e. The zero-order chi connectivity index (χ0) is 18.0. The highest BCUT2D eigenvalue weighted by Gasteiger charge is 2.34. The van der Waals surface area contributed by atoms with Gasteiger partial charge in [-0.25, -0.2) is 13.1 Å². The summed E-state index contributed by atoms with van der Waals surface area (Å²) in [6, 6.07) is 5.04. The van der Waals surface area contributed by atoms with E-state index in [0.717, 1.165) is 35.6 Å². The van der Waals surface area contributed by atoms with E-state index >= 15 is 0 Å². The van der Waals surface area contributed by atoms with Gasteiger partial charge >= 0.3 is 0 Å². The predicted octanol–water partition coefficient (Wildman–Crippen LogP) is 2.88. The maximum atomic E-state index is 12.8. The van der Waals surface area contributed by atoms with Crippen molar-refractivity contribution in [2.75, 3.05) is 4.72 Å². The second-order valence-corrected chi connectivity index (χ2v) is 9.00. The van der Waals surface area contributed by atoms with Gasteiger partial charge in [-0.15, -0.1) is 10.2 Å². The van der Waals surface area contributed by atoms with Gasteiger partial charge in [-0.3, -0.25) is 9.56 Å². The Hall–Kier alpha value is -2.22. The third-order valence-corrected chi connectivity index (χ3v) is 6.55. The van der Waals surface area contributed by atoms with E-state index in [1.54, 1.807) is 29.8 Å². The van der Waals surface area contributed by atoms with Crippen molar-refractivity contribution in [1.82, 2.24) is 14.8 Å². The molecule has 1 N–H and O–H groups in total. The molecule has 0 spiro atoms. The van der Waals surface area contributed by atoms with E-state index in [1.807, 2.05) is 20.8 Å². The molecule has 1 aliphatic carbocycles. The molecule has 0 saturated heterocycles. The molecule has 4 rings (SSSR count). The summed E-state index contributed by atoms with van der Waals surface area (Å²) in [4.78, 5) is 4.74. The number of anilines is 1. The van der Waals surface area contributed by atoms with Crippen molar-refractivity contribution in [2.24, 2.45) is 12.0 Å². The average Bonchev–Trinajstić information content (AvgIpc) is 3.28. The SMILES string of the molecule is CC1=Nc2ccc(S(=O)(=O)Nc3nnc(C4CC4)n3C)cc2C1(C)C. The number of nitrogens with one attached hydrogen (secondary N) is 1. The number of hydrogen-bond donors (Lipinski definition) is 1. The molecule has 132 valence electrons. The van der Waals surface area contributed by atoms with Crippen molar-refractivity contribution < 1.29 is 8.42 Å². The second kappa shape index (κ2) is 5.14. The summed E-state index contributed by atoms with van der Waals surface area (Å²) in [7, 11) is -1.96. The minimum absolute atomic E-state index is 0.209. The number of aliphatic imine (C=N–C) groups is 1. The monoisotopic (exact) mass is 359 g/mol. The normalized spacial score (nSPS) is 18.8. The Bertz CT molecular complexity index is 1000. The molecule has 0 bridgehead atoms. The Morgan fingerprint density at radius 2 is 1.96 bits per heavy atom. The summed E-state index contributed by atoms with van der Waals surface area (Å²) in [5.41, 5.74) is 2.46. The second-order valence-electron chi connectivity index (χ2n) is 7.32. The summed E-state index contributed by atoms with van der Waals surface area (Å²) in [5, 5.41) is 8.11.